The number of ether oxygens (including phenoxy) is 1. The van der Waals surface area contributed by atoms with E-state index in [0.29, 0.717) is 0 Å². The van der Waals surface area contributed by atoms with Gasteiger partial charge < -0.3 is 4.74 Å². The van der Waals surface area contributed by atoms with Crippen LogP contribution >= 0.6 is 0 Å². The Labute approximate surface area is 120 Å². The Hall–Kier alpha value is -0.0800. The molecule has 1 saturated carbocycles. The van der Waals surface area contributed by atoms with Crippen molar-refractivity contribution in [2.75, 3.05) is 14.2 Å². The lowest BCUT2D eigenvalue weighted by molar-refractivity contribution is -0.0470. The van der Waals surface area contributed by atoms with Gasteiger partial charge in [0, 0.05) is 18.7 Å². The van der Waals surface area contributed by atoms with Crippen molar-refractivity contribution >= 4 is 0 Å². The van der Waals surface area contributed by atoms with E-state index in [-0.39, 0.29) is 11.1 Å². The topological polar surface area (TPSA) is 12.5 Å². The average Bonchev–Trinajstić information content (AvgIpc) is 2.38. The highest BCUT2D eigenvalue weighted by molar-refractivity contribution is 4.93. The van der Waals surface area contributed by atoms with E-state index in [1.165, 1.54) is 32.1 Å². The molecule has 1 unspecified atom stereocenters. The maximum absolute atomic E-state index is 5.66. The van der Waals surface area contributed by atoms with Gasteiger partial charge in [0.1, 0.15) is 0 Å². The van der Waals surface area contributed by atoms with Crippen LogP contribution in [0.25, 0.3) is 0 Å². The molecule has 0 radical (unpaired) electrons. The Morgan fingerprint density at radius 1 is 1.11 bits per heavy atom. The summed E-state index contributed by atoms with van der Waals surface area (Å²) in [5.41, 5.74) is 0.200. The smallest absolute Gasteiger partial charge is 0.0640 e. The molecular formula is C17H35NO. The van der Waals surface area contributed by atoms with Crippen molar-refractivity contribution in [3.63, 3.8) is 0 Å². The summed E-state index contributed by atoms with van der Waals surface area (Å²) < 4.78 is 5.66. The lowest BCUT2D eigenvalue weighted by Crippen LogP contribution is -2.53. The van der Waals surface area contributed by atoms with Gasteiger partial charge in [-0.3, -0.25) is 4.90 Å². The molecule has 0 saturated heterocycles. The van der Waals surface area contributed by atoms with Crippen LogP contribution in [0.2, 0.25) is 0 Å². The average molecular weight is 269 g/mol. The zero-order valence-corrected chi connectivity index (χ0v) is 14.3. The summed E-state index contributed by atoms with van der Waals surface area (Å²) >= 11 is 0. The van der Waals surface area contributed by atoms with Crippen molar-refractivity contribution in [2.24, 2.45) is 5.92 Å². The van der Waals surface area contributed by atoms with Gasteiger partial charge >= 0.3 is 0 Å². The molecule has 0 amide bonds. The monoisotopic (exact) mass is 269 g/mol. The first-order valence-corrected chi connectivity index (χ1v) is 8.02. The minimum Gasteiger partial charge on any atom is -0.379 e. The molecule has 1 aliphatic rings. The second kappa shape index (κ2) is 6.58. The molecule has 1 rings (SSSR count). The first-order valence-electron chi connectivity index (χ1n) is 8.02. The maximum atomic E-state index is 5.66. The zero-order chi connectivity index (χ0) is 14.7. The van der Waals surface area contributed by atoms with Crippen molar-refractivity contribution in [3.8, 4) is 0 Å². The summed E-state index contributed by atoms with van der Waals surface area (Å²) in [4.78, 5) is 2.65. The third-order valence-electron chi connectivity index (χ3n) is 5.51. The summed E-state index contributed by atoms with van der Waals surface area (Å²) in [5, 5.41) is 0. The molecule has 19 heavy (non-hydrogen) atoms. The molecule has 0 heterocycles. The van der Waals surface area contributed by atoms with Crippen LogP contribution in [-0.4, -0.2) is 36.2 Å². The van der Waals surface area contributed by atoms with Crippen LogP contribution in [0.4, 0.5) is 0 Å². The van der Waals surface area contributed by atoms with Crippen molar-refractivity contribution < 1.29 is 4.74 Å². The molecule has 0 spiro atoms. The predicted octanol–water partition coefficient (Wildman–Crippen LogP) is 4.48. The molecule has 114 valence electrons. The lowest BCUT2D eigenvalue weighted by atomic mass is 9.80. The van der Waals surface area contributed by atoms with Crippen molar-refractivity contribution in [2.45, 2.75) is 90.3 Å². The quantitative estimate of drug-likeness (QED) is 0.705. The molecule has 2 nitrogen and oxygen atoms in total. The van der Waals surface area contributed by atoms with E-state index in [1.807, 2.05) is 7.11 Å². The number of methoxy groups -OCH3 is 1. The highest BCUT2D eigenvalue weighted by atomic mass is 16.5. The van der Waals surface area contributed by atoms with Crippen LogP contribution in [-0.2, 0) is 4.74 Å². The van der Waals surface area contributed by atoms with Crippen LogP contribution in [0.15, 0.2) is 0 Å². The van der Waals surface area contributed by atoms with Crippen molar-refractivity contribution in [3.05, 3.63) is 0 Å². The zero-order valence-electron chi connectivity index (χ0n) is 14.3. The van der Waals surface area contributed by atoms with Gasteiger partial charge in [0.05, 0.1) is 5.60 Å². The third-order valence-corrected chi connectivity index (χ3v) is 5.51. The summed E-state index contributed by atoms with van der Waals surface area (Å²) in [6.07, 6.45) is 7.78. The third kappa shape index (κ3) is 4.46. The second-order valence-electron chi connectivity index (χ2n) is 7.52. The van der Waals surface area contributed by atoms with Gasteiger partial charge in [-0.1, -0.05) is 13.8 Å². The molecule has 0 bridgehead atoms. The van der Waals surface area contributed by atoms with E-state index in [9.17, 15) is 0 Å². The number of rotatable bonds is 6. The molecule has 1 atom stereocenters. The Morgan fingerprint density at radius 3 is 2.05 bits per heavy atom. The fraction of sp³-hybridized carbons (Fsp3) is 1.00. The molecule has 0 aromatic carbocycles. The molecule has 0 aromatic rings. The van der Waals surface area contributed by atoms with Crippen molar-refractivity contribution in [1.82, 2.24) is 4.90 Å². The Kier molecular flexibility index (Phi) is 5.88. The minimum absolute atomic E-state index is 0.0407. The van der Waals surface area contributed by atoms with Crippen LogP contribution in [0.3, 0.4) is 0 Å². The maximum Gasteiger partial charge on any atom is 0.0640 e. The Balaban J connectivity index is 2.71. The van der Waals surface area contributed by atoms with Crippen LogP contribution < -0.4 is 0 Å². The van der Waals surface area contributed by atoms with E-state index in [4.69, 9.17) is 4.74 Å². The van der Waals surface area contributed by atoms with E-state index in [2.05, 4.69) is 46.6 Å². The molecule has 0 aromatic heterocycles. The molecule has 0 aliphatic heterocycles. The minimum atomic E-state index is -0.0407. The molecule has 0 N–H and O–H groups in total. The summed E-state index contributed by atoms with van der Waals surface area (Å²) in [7, 11) is 4.16. The normalized spacial score (nSPS) is 28.4. The van der Waals surface area contributed by atoms with E-state index >= 15 is 0 Å². The number of hydrogen-bond acceptors (Lipinski definition) is 2. The fourth-order valence-corrected chi connectivity index (χ4v) is 3.56. The lowest BCUT2D eigenvalue weighted by Gasteiger charge is -2.48. The van der Waals surface area contributed by atoms with Crippen LogP contribution in [0, 0.1) is 5.92 Å². The Bertz CT molecular complexity index is 268. The van der Waals surface area contributed by atoms with E-state index < -0.39 is 0 Å². The first kappa shape index (κ1) is 17.0. The van der Waals surface area contributed by atoms with E-state index in [0.717, 1.165) is 18.4 Å². The van der Waals surface area contributed by atoms with Crippen LogP contribution in [0.1, 0.15) is 73.1 Å². The first-order chi connectivity index (χ1) is 8.74. The molecule has 1 aliphatic carbocycles. The molecular weight excluding hydrogens is 234 g/mol. The van der Waals surface area contributed by atoms with Gasteiger partial charge in [-0.25, -0.2) is 0 Å². The second-order valence-corrected chi connectivity index (χ2v) is 7.52. The molecule has 1 fully saturated rings. The fourth-order valence-electron chi connectivity index (χ4n) is 3.56. The number of hydrogen-bond donors (Lipinski definition) is 0. The van der Waals surface area contributed by atoms with Gasteiger partial charge in [0.15, 0.2) is 0 Å². The van der Waals surface area contributed by atoms with Gasteiger partial charge in [0.2, 0.25) is 0 Å². The van der Waals surface area contributed by atoms with Gasteiger partial charge in [-0.05, 0) is 72.3 Å². The van der Waals surface area contributed by atoms with Gasteiger partial charge in [-0.15, -0.1) is 0 Å². The highest BCUT2D eigenvalue weighted by Gasteiger charge is 2.38. The molecule has 2 heteroatoms. The van der Waals surface area contributed by atoms with E-state index in [1.54, 1.807) is 0 Å². The number of nitrogens with zero attached hydrogens (tertiary/aromatic N) is 1. The largest absolute Gasteiger partial charge is 0.379 e. The standard InChI is InChI=1S/C17H35NO/c1-8-17(5,13-16(3,4)19-7)18(6)15-11-9-14(2)10-12-15/h14-15H,8-13H2,1-7H3. The van der Waals surface area contributed by atoms with Gasteiger partial charge in [-0.2, -0.15) is 0 Å². The summed E-state index contributed by atoms with van der Waals surface area (Å²) in [5.74, 6) is 0.924. The summed E-state index contributed by atoms with van der Waals surface area (Å²) in [6, 6.07) is 0.758. The summed E-state index contributed by atoms with van der Waals surface area (Å²) in [6.45, 7) is 11.5. The highest BCUT2D eigenvalue weighted by Crippen LogP contribution is 2.36. The SMILES string of the molecule is CCC(C)(CC(C)(C)OC)N(C)C1CCC(C)CC1. The van der Waals surface area contributed by atoms with Gasteiger partial charge in [0.25, 0.3) is 0 Å². The van der Waals surface area contributed by atoms with Crippen LogP contribution in [0.5, 0.6) is 0 Å². The van der Waals surface area contributed by atoms with Crippen molar-refractivity contribution in [1.29, 1.82) is 0 Å². The predicted molar refractivity (Wildman–Crippen MR) is 83.6 cm³/mol. The Morgan fingerprint density at radius 2 is 1.63 bits per heavy atom.